The molecule has 5 nitrogen and oxygen atoms in total. The molecular weight excluding hydrogens is 280 g/mol. The summed E-state index contributed by atoms with van der Waals surface area (Å²) in [6.45, 7) is 6.37. The quantitative estimate of drug-likeness (QED) is 0.747. The van der Waals surface area contributed by atoms with Crippen molar-refractivity contribution in [3.63, 3.8) is 0 Å². The third-order valence-corrected chi connectivity index (χ3v) is 4.38. The number of nitrogens with one attached hydrogen (secondary N) is 2. The van der Waals surface area contributed by atoms with E-state index in [0.717, 1.165) is 32.4 Å². The zero-order chi connectivity index (χ0) is 13.9. The van der Waals surface area contributed by atoms with Crippen LogP contribution in [0.3, 0.4) is 0 Å². The molecule has 0 aromatic carbocycles. The lowest BCUT2D eigenvalue weighted by atomic mass is 9.92. The molecule has 20 heavy (non-hydrogen) atoms. The number of piperidine rings is 1. The lowest BCUT2D eigenvalue weighted by Gasteiger charge is -2.23. The summed E-state index contributed by atoms with van der Waals surface area (Å²) in [5.74, 6) is -0.246. The lowest BCUT2D eigenvalue weighted by Crippen LogP contribution is -2.36. The topological polar surface area (TPSA) is 67.4 Å². The molecule has 0 aromatic rings. The highest BCUT2D eigenvalue weighted by molar-refractivity contribution is 5.85. The summed E-state index contributed by atoms with van der Waals surface area (Å²) in [7, 11) is 0. The molecule has 1 heterocycles. The van der Waals surface area contributed by atoms with Crippen molar-refractivity contribution in [3.8, 4) is 0 Å². The molecule has 2 rings (SSSR count). The van der Waals surface area contributed by atoms with Gasteiger partial charge in [0.25, 0.3) is 0 Å². The van der Waals surface area contributed by atoms with Crippen LogP contribution < -0.4 is 10.6 Å². The first-order valence-corrected chi connectivity index (χ1v) is 7.24. The minimum atomic E-state index is -0.272. The number of esters is 1. The normalized spacial score (nSPS) is 24.4. The van der Waals surface area contributed by atoms with Gasteiger partial charge in [0, 0.05) is 12.5 Å². The molecule has 1 saturated carbocycles. The van der Waals surface area contributed by atoms with Crippen LogP contribution in [-0.2, 0) is 14.3 Å². The number of rotatable bonds is 5. The predicted octanol–water partition coefficient (Wildman–Crippen LogP) is 1.11. The van der Waals surface area contributed by atoms with Crippen molar-refractivity contribution < 1.29 is 14.3 Å². The van der Waals surface area contributed by atoms with Crippen LogP contribution in [0, 0.1) is 17.3 Å². The molecule has 1 aliphatic heterocycles. The van der Waals surface area contributed by atoms with Gasteiger partial charge in [0.05, 0.1) is 12.5 Å². The predicted molar refractivity (Wildman–Crippen MR) is 78.7 cm³/mol. The number of carbonyl (C=O) groups excluding carboxylic acids is 2. The highest BCUT2D eigenvalue weighted by atomic mass is 35.5. The molecule has 1 saturated heterocycles. The highest BCUT2D eigenvalue weighted by Gasteiger charge is 2.57. The summed E-state index contributed by atoms with van der Waals surface area (Å²) < 4.78 is 4.92. The molecule has 2 aliphatic rings. The molecule has 1 amide bonds. The van der Waals surface area contributed by atoms with E-state index in [-0.39, 0.29) is 41.5 Å². The van der Waals surface area contributed by atoms with E-state index in [0.29, 0.717) is 13.2 Å². The molecule has 0 bridgehead atoms. The molecule has 2 unspecified atom stereocenters. The highest BCUT2D eigenvalue weighted by Crippen LogP contribution is 2.58. The van der Waals surface area contributed by atoms with Crippen LogP contribution in [-0.4, -0.2) is 38.1 Å². The van der Waals surface area contributed by atoms with Crippen LogP contribution in [0.25, 0.3) is 0 Å². The Bertz CT molecular complexity index is 356. The van der Waals surface area contributed by atoms with Crippen LogP contribution in [0.5, 0.6) is 0 Å². The first-order chi connectivity index (χ1) is 9.09. The van der Waals surface area contributed by atoms with Gasteiger partial charge in [-0.3, -0.25) is 9.59 Å². The van der Waals surface area contributed by atoms with Crippen molar-refractivity contribution in [2.24, 2.45) is 17.3 Å². The Labute approximate surface area is 126 Å². The maximum Gasteiger partial charge on any atom is 0.310 e. The number of ether oxygens (including phenoxy) is 1. The minimum absolute atomic E-state index is 0. The van der Waals surface area contributed by atoms with Gasteiger partial charge in [0.15, 0.2) is 0 Å². The van der Waals surface area contributed by atoms with E-state index in [1.807, 2.05) is 0 Å². The number of carbonyl (C=O) groups is 2. The van der Waals surface area contributed by atoms with Gasteiger partial charge < -0.3 is 15.4 Å². The van der Waals surface area contributed by atoms with Crippen molar-refractivity contribution in [1.29, 1.82) is 0 Å². The van der Waals surface area contributed by atoms with Gasteiger partial charge in [0.2, 0.25) is 5.91 Å². The third kappa shape index (κ3) is 3.85. The minimum Gasteiger partial charge on any atom is -0.466 e. The van der Waals surface area contributed by atoms with Crippen molar-refractivity contribution >= 4 is 24.3 Å². The fourth-order valence-electron chi connectivity index (χ4n) is 2.94. The molecule has 116 valence electrons. The maximum absolute atomic E-state index is 12.1. The number of hydrogen-bond acceptors (Lipinski definition) is 4. The Morgan fingerprint density at radius 2 is 2.05 bits per heavy atom. The van der Waals surface area contributed by atoms with Crippen LogP contribution in [0.1, 0.15) is 33.1 Å². The second-order valence-corrected chi connectivity index (χ2v) is 5.77. The Kier molecular flexibility index (Phi) is 6.27. The summed E-state index contributed by atoms with van der Waals surface area (Å²) in [5, 5.41) is 6.22. The third-order valence-electron chi connectivity index (χ3n) is 4.38. The molecule has 2 N–H and O–H groups in total. The molecule has 2 fully saturated rings. The Balaban J connectivity index is 0.00000200. The summed E-state index contributed by atoms with van der Waals surface area (Å²) in [6.07, 6.45) is 3.20. The fraction of sp³-hybridized carbons (Fsp3) is 0.857. The van der Waals surface area contributed by atoms with E-state index in [1.165, 1.54) is 0 Å². The van der Waals surface area contributed by atoms with Crippen molar-refractivity contribution in [2.75, 3.05) is 26.2 Å². The van der Waals surface area contributed by atoms with Crippen molar-refractivity contribution in [3.05, 3.63) is 0 Å². The van der Waals surface area contributed by atoms with E-state index >= 15 is 0 Å². The number of halogens is 1. The van der Waals surface area contributed by atoms with E-state index in [4.69, 9.17) is 4.74 Å². The standard InChI is InChI=1S/C14H24N2O3.ClH/c1-3-19-13(18)10(2)9-16-12(17)11-8-14(11)4-6-15-7-5-14;/h10-11,15H,3-9H2,1-2H3,(H,16,17);1H. The molecular formula is C14H25ClN2O3. The first kappa shape index (κ1) is 17.2. The zero-order valence-corrected chi connectivity index (χ0v) is 13.1. The Morgan fingerprint density at radius 1 is 1.40 bits per heavy atom. The second kappa shape index (κ2) is 7.27. The maximum atomic E-state index is 12.1. The summed E-state index contributed by atoms with van der Waals surface area (Å²) in [5.41, 5.74) is 0.252. The number of amides is 1. The van der Waals surface area contributed by atoms with Crippen LogP contribution in [0.2, 0.25) is 0 Å². The summed E-state index contributed by atoms with van der Waals surface area (Å²) in [4.78, 5) is 23.5. The molecule has 1 spiro atoms. The molecule has 0 radical (unpaired) electrons. The van der Waals surface area contributed by atoms with Crippen molar-refractivity contribution in [2.45, 2.75) is 33.1 Å². The monoisotopic (exact) mass is 304 g/mol. The largest absolute Gasteiger partial charge is 0.466 e. The van der Waals surface area contributed by atoms with Gasteiger partial charge in [-0.1, -0.05) is 6.92 Å². The van der Waals surface area contributed by atoms with Gasteiger partial charge in [-0.25, -0.2) is 0 Å². The molecule has 2 atom stereocenters. The van der Waals surface area contributed by atoms with Gasteiger partial charge in [0.1, 0.15) is 0 Å². The second-order valence-electron chi connectivity index (χ2n) is 5.77. The average molecular weight is 305 g/mol. The summed E-state index contributed by atoms with van der Waals surface area (Å²) in [6, 6.07) is 0. The average Bonchev–Trinajstić information content (AvgIpc) is 3.10. The first-order valence-electron chi connectivity index (χ1n) is 7.24. The van der Waals surface area contributed by atoms with E-state index in [9.17, 15) is 9.59 Å². The summed E-state index contributed by atoms with van der Waals surface area (Å²) >= 11 is 0. The SMILES string of the molecule is CCOC(=O)C(C)CNC(=O)C1CC12CCNCC2.Cl. The van der Waals surface area contributed by atoms with E-state index in [1.54, 1.807) is 13.8 Å². The van der Waals surface area contributed by atoms with Gasteiger partial charge >= 0.3 is 5.97 Å². The smallest absolute Gasteiger partial charge is 0.310 e. The Hall–Kier alpha value is -0.810. The molecule has 0 aromatic heterocycles. The molecule has 6 heteroatoms. The molecule has 1 aliphatic carbocycles. The number of hydrogen-bond donors (Lipinski definition) is 2. The van der Waals surface area contributed by atoms with Gasteiger partial charge in [-0.05, 0) is 44.7 Å². The van der Waals surface area contributed by atoms with Crippen LogP contribution in [0.15, 0.2) is 0 Å². The van der Waals surface area contributed by atoms with Gasteiger partial charge in [-0.15, -0.1) is 12.4 Å². The van der Waals surface area contributed by atoms with Crippen molar-refractivity contribution in [1.82, 2.24) is 10.6 Å². The van der Waals surface area contributed by atoms with E-state index in [2.05, 4.69) is 10.6 Å². The van der Waals surface area contributed by atoms with Gasteiger partial charge in [-0.2, -0.15) is 0 Å². The zero-order valence-electron chi connectivity index (χ0n) is 12.2. The Morgan fingerprint density at radius 3 is 2.65 bits per heavy atom. The fourth-order valence-corrected chi connectivity index (χ4v) is 2.94. The van der Waals surface area contributed by atoms with E-state index < -0.39 is 0 Å². The lowest BCUT2D eigenvalue weighted by molar-refractivity contribution is -0.147. The van der Waals surface area contributed by atoms with Crippen LogP contribution in [0.4, 0.5) is 0 Å². The van der Waals surface area contributed by atoms with Crippen LogP contribution >= 0.6 is 12.4 Å².